The second-order valence-corrected chi connectivity index (χ2v) is 6.52. The number of halogens is 1. The maximum Gasteiger partial charge on any atom is 0.266 e. The zero-order valence-electron chi connectivity index (χ0n) is 13.9. The average Bonchev–Trinajstić information content (AvgIpc) is 3.27. The van der Waals surface area contributed by atoms with Gasteiger partial charge in [0.15, 0.2) is 11.9 Å². The lowest BCUT2D eigenvalue weighted by Crippen LogP contribution is -2.31. The van der Waals surface area contributed by atoms with Crippen LogP contribution in [-0.4, -0.2) is 26.8 Å². The van der Waals surface area contributed by atoms with Crippen LogP contribution in [0.2, 0.25) is 5.02 Å². The first-order valence-corrected chi connectivity index (χ1v) is 8.74. The quantitative estimate of drug-likeness (QED) is 0.751. The first kappa shape index (κ1) is 16.6. The lowest BCUT2D eigenvalue weighted by atomic mass is 10.1. The first-order valence-electron chi connectivity index (χ1n) is 8.37. The maximum atomic E-state index is 12.4. The van der Waals surface area contributed by atoms with Crippen LogP contribution >= 0.6 is 11.6 Å². The Balaban J connectivity index is 1.33. The van der Waals surface area contributed by atoms with Crippen LogP contribution in [0, 0.1) is 0 Å². The van der Waals surface area contributed by atoms with Crippen LogP contribution in [0.5, 0.6) is 5.75 Å². The van der Waals surface area contributed by atoms with Crippen LogP contribution in [0.1, 0.15) is 11.3 Å². The lowest BCUT2D eigenvalue weighted by molar-refractivity contribution is -0.122. The minimum atomic E-state index is -0.567. The van der Waals surface area contributed by atoms with Crippen molar-refractivity contribution in [3.8, 4) is 5.75 Å². The van der Waals surface area contributed by atoms with Crippen LogP contribution in [0.3, 0.4) is 0 Å². The Bertz CT molecular complexity index is 926. The topological polar surface area (TPSA) is 69.0 Å². The fourth-order valence-corrected chi connectivity index (χ4v) is 3.09. The molecule has 2 aromatic heterocycles. The van der Waals surface area contributed by atoms with Gasteiger partial charge < -0.3 is 10.1 Å². The summed E-state index contributed by atoms with van der Waals surface area (Å²) in [5, 5.41) is 7.83. The Kier molecular flexibility index (Phi) is 4.58. The van der Waals surface area contributed by atoms with Gasteiger partial charge in [-0.2, -0.15) is 5.10 Å². The number of nitrogens with zero attached hydrogens (tertiary/aromatic N) is 3. The molecule has 0 saturated carbocycles. The van der Waals surface area contributed by atoms with Gasteiger partial charge in [-0.3, -0.25) is 14.5 Å². The van der Waals surface area contributed by atoms with Crippen molar-refractivity contribution in [1.82, 2.24) is 14.8 Å². The highest BCUT2D eigenvalue weighted by Gasteiger charge is 2.29. The average molecular weight is 369 g/mol. The van der Waals surface area contributed by atoms with E-state index < -0.39 is 6.10 Å². The van der Waals surface area contributed by atoms with E-state index in [9.17, 15) is 4.79 Å². The van der Waals surface area contributed by atoms with Crippen molar-refractivity contribution in [3.05, 3.63) is 71.1 Å². The van der Waals surface area contributed by atoms with E-state index in [0.717, 1.165) is 17.7 Å². The second-order valence-electron chi connectivity index (χ2n) is 6.09. The summed E-state index contributed by atoms with van der Waals surface area (Å²) in [6, 6.07) is 13.0. The number of nitrogens with one attached hydrogen (secondary N) is 1. The molecule has 7 heteroatoms. The van der Waals surface area contributed by atoms with Crippen molar-refractivity contribution in [3.63, 3.8) is 0 Å². The fraction of sp³-hybridized carbons (Fsp3) is 0.211. The zero-order valence-corrected chi connectivity index (χ0v) is 14.7. The SMILES string of the molecule is O=C(Nc1ccn(CCc2ccccn2)n1)[C@H]1Cc2cc(Cl)ccc2O1. The number of fused-ring (bicyclic) bond motifs is 1. The highest BCUT2D eigenvalue weighted by Crippen LogP contribution is 2.31. The molecule has 1 aliphatic heterocycles. The first-order chi connectivity index (χ1) is 12.7. The van der Waals surface area contributed by atoms with Crippen LogP contribution in [0.25, 0.3) is 0 Å². The highest BCUT2D eigenvalue weighted by molar-refractivity contribution is 6.30. The van der Waals surface area contributed by atoms with Gasteiger partial charge in [0.05, 0.1) is 0 Å². The molecule has 0 fully saturated rings. The largest absolute Gasteiger partial charge is 0.480 e. The number of carbonyl (C=O) groups excluding carboxylic acids is 1. The van der Waals surface area contributed by atoms with Gasteiger partial charge in [-0.15, -0.1) is 0 Å². The summed E-state index contributed by atoms with van der Waals surface area (Å²) >= 11 is 5.98. The molecule has 0 aliphatic carbocycles. The number of hydrogen-bond acceptors (Lipinski definition) is 4. The third-order valence-electron chi connectivity index (χ3n) is 4.20. The molecule has 1 aromatic carbocycles. The minimum Gasteiger partial charge on any atom is -0.480 e. The number of ether oxygens (including phenoxy) is 1. The number of pyridine rings is 1. The van der Waals surface area contributed by atoms with Crippen molar-refractivity contribution in [1.29, 1.82) is 0 Å². The van der Waals surface area contributed by atoms with Gasteiger partial charge in [-0.05, 0) is 35.9 Å². The number of rotatable bonds is 5. The smallest absolute Gasteiger partial charge is 0.266 e. The van der Waals surface area contributed by atoms with Gasteiger partial charge >= 0.3 is 0 Å². The third-order valence-corrected chi connectivity index (χ3v) is 4.44. The molecule has 1 amide bonds. The molecule has 0 spiro atoms. The van der Waals surface area contributed by atoms with Gasteiger partial charge in [0.2, 0.25) is 0 Å². The van der Waals surface area contributed by atoms with Crippen molar-refractivity contribution in [2.75, 3.05) is 5.32 Å². The molecule has 26 heavy (non-hydrogen) atoms. The second kappa shape index (κ2) is 7.17. The molecule has 0 saturated heterocycles. The lowest BCUT2D eigenvalue weighted by Gasteiger charge is -2.09. The van der Waals surface area contributed by atoms with Crippen molar-refractivity contribution in [2.24, 2.45) is 0 Å². The van der Waals surface area contributed by atoms with Crippen LogP contribution in [0.4, 0.5) is 5.82 Å². The van der Waals surface area contributed by atoms with E-state index in [1.165, 1.54) is 0 Å². The summed E-state index contributed by atoms with van der Waals surface area (Å²) in [7, 11) is 0. The molecule has 132 valence electrons. The van der Waals surface area contributed by atoms with E-state index in [1.54, 1.807) is 29.1 Å². The van der Waals surface area contributed by atoms with E-state index in [1.807, 2.05) is 30.5 Å². The monoisotopic (exact) mass is 368 g/mol. The Morgan fingerprint density at radius 3 is 3.08 bits per heavy atom. The maximum absolute atomic E-state index is 12.4. The standard InChI is InChI=1S/C19H17ClN4O2/c20-14-4-5-16-13(11-14)12-17(26-16)19(25)22-18-7-10-24(23-18)9-6-15-3-1-2-8-21-15/h1-5,7-8,10-11,17H,6,9,12H2,(H,22,23,25)/t17-/m1/s1. The number of hydrogen-bond donors (Lipinski definition) is 1. The molecular formula is C19H17ClN4O2. The Morgan fingerprint density at radius 1 is 1.31 bits per heavy atom. The normalized spacial score (nSPS) is 15.3. The predicted molar refractivity (Wildman–Crippen MR) is 98.4 cm³/mol. The molecule has 3 heterocycles. The summed E-state index contributed by atoms with van der Waals surface area (Å²) in [4.78, 5) is 16.7. The fourth-order valence-electron chi connectivity index (χ4n) is 2.90. The number of benzene rings is 1. The molecule has 1 aliphatic rings. The van der Waals surface area contributed by atoms with Crippen molar-refractivity contribution >= 4 is 23.3 Å². The van der Waals surface area contributed by atoms with Crippen LogP contribution in [0.15, 0.2) is 54.9 Å². The van der Waals surface area contributed by atoms with E-state index in [-0.39, 0.29) is 5.91 Å². The molecule has 3 aromatic rings. The van der Waals surface area contributed by atoms with Gasteiger partial charge in [0, 0.05) is 48.6 Å². The number of anilines is 1. The van der Waals surface area contributed by atoms with Gasteiger partial charge in [-0.25, -0.2) is 0 Å². The Morgan fingerprint density at radius 2 is 2.23 bits per heavy atom. The highest BCUT2D eigenvalue weighted by atomic mass is 35.5. The number of carbonyl (C=O) groups is 1. The molecule has 6 nitrogen and oxygen atoms in total. The van der Waals surface area contributed by atoms with Crippen LogP contribution in [-0.2, 0) is 24.2 Å². The summed E-state index contributed by atoms with van der Waals surface area (Å²) in [6.07, 6.45) is 4.32. The minimum absolute atomic E-state index is 0.215. The Hall–Kier alpha value is -2.86. The predicted octanol–water partition coefficient (Wildman–Crippen LogP) is 3.12. The van der Waals surface area contributed by atoms with E-state index in [2.05, 4.69) is 15.4 Å². The third kappa shape index (κ3) is 3.70. The molecule has 0 radical (unpaired) electrons. The molecule has 0 bridgehead atoms. The van der Waals surface area contributed by atoms with Crippen molar-refractivity contribution < 1.29 is 9.53 Å². The molecule has 0 unspecified atom stereocenters. The van der Waals surface area contributed by atoms with E-state index >= 15 is 0 Å². The number of amides is 1. The summed E-state index contributed by atoms with van der Waals surface area (Å²) in [6.45, 7) is 0.691. The van der Waals surface area contributed by atoms with E-state index in [4.69, 9.17) is 16.3 Å². The van der Waals surface area contributed by atoms with Crippen molar-refractivity contribution in [2.45, 2.75) is 25.5 Å². The van der Waals surface area contributed by atoms with Gasteiger partial charge in [0.25, 0.3) is 5.91 Å². The summed E-state index contributed by atoms with van der Waals surface area (Å²) in [5.74, 6) is 0.997. The van der Waals surface area contributed by atoms with E-state index in [0.29, 0.717) is 29.6 Å². The van der Waals surface area contributed by atoms with Gasteiger partial charge in [-0.1, -0.05) is 17.7 Å². The molecule has 4 rings (SSSR count). The van der Waals surface area contributed by atoms with Crippen LogP contribution < -0.4 is 10.1 Å². The molecular weight excluding hydrogens is 352 g/mol. The zero-order chi connectivity index (χ0) is 17.9. The molecule has 1 N–H and O–H groups in total. The number of aromatic nitrogens is 3. The summed E-state index contributed by atoms with van der Waals surface area (Å²) < 4.78 is 7.48. The molecule has 1 atom stereocenters. The summed E-state index contributed by atoms with van der Waals surface area (Å²) in [5.41, 5.74) is 1.95. The Labute approximate surface area is 155 Å². The van der Waals surface area contributed by atoms with Gasteiger partial charge in [0.1, 0.15) is 5.75 Å². The number of aryl methyl sites for hydroxylation is 2.